The number of amides is 2. The van der Waals surface area contributed by atoms with Crippen LogP contribution in [0.3, 0.4) is 0 Å². The molecule has 0 spiro atoms. The van der Waals surface area contributed by atoms with E-state index in [0.29, 0.717) is 9.53 Å². The number of hydrogen-bond donors (Lipinski definition) is 2. The molecule has 15 heavy (non-hydrogen) atoms. The molecule has 0 radical (unpaired) electrons. The molecule has 0 aliphatic rings. The summed E-state index contributed by atoms with van der Waals surface area (Å²) < 4.78 is 6.00. The fraction of sp³-hybridized carbons (Fsp3) is 0.333. The Hall–Kier alpha value is -1.05. The molecule has 1 rings (SSSR count). The highest BCUT2D eigenvalue weighted by Gasteiger charge is 2.16. The maximum Gasteiger partial charge on any atom is 0.218 e. The predicted octanol–water partition coefficient (Wildman–Crippen LogP) is 1.16. The third-order valence-electron chi connectivity index (χ3n) is 1.57. The number of rotatable bonds is 3. The molecule has 5 nitrogen and oxygen atoms in total. The Labute approximate surface area is 101 Å². The summed E-state index contributed by atoms with van der Waals surface area (Å²) in [6.07, 6.45) is -0.608. The van der Waals surface area contributed by atoms with Crippen LogP contribution in [-0.2, 0) is 9.59 Å². The fourth-order valence-electron chi connectivity index (χ4n) is 1.07. The van der Waals surface area contributed by atoms with Crippen molar-refractivity contribution in [2.75, 3.05) is 0 Å². The van der Waals surface area contributed by atoms with Gasteiger partial charge in [0.1, 0.15) is 5.76 Å². The minimum absolute atomic E-state index is 0.236. The van der Waals surface area contributed by atoms with Gasteiger partial charge in [0.25, 0.3) is 0 Å². The van der Waals surface area contributed by atoms with Crippen LogP contribution in [0, 0.1) is 3.77 Å². The first kappa shape index (κ1) is 12.0. The highest BCUT2D eigenvalue weighted by Crippen LogP contribution is 2.16. The summed E-state index contributed by atoms with van der Waals surface area (Å²) in [5, 5.41) is 5.15. The van der Waals surface area contributed by atoms with E-state index >= 15 is 0 Å². The molecule has 0 saturated heterocycles. The van der Waals surface area contributed by atoms with Gasteiger partial charge in [0, 0.05) is 13.8 Å². The molecule has 0 bridgehead atoms. The summed E-state index contributed by atoms with van der Waals surface area (Å²) in [4.78, 5) is 21.8. The Morgan fingerprint density at radius 3 is 2.13 bits per heavy atom. The maximum atomic E-state index is 10.9. The lowest BCUT2D eigenvalue weighted by Gasteiger charge is -2.15. The fourth-order valence-corrected chi connectivity index (χ4v) is 1.50. The summed E-state index contributed by atoms with van der Waals surface area (Å²) in [5.74, 6) is 0.0325. The number of carbonyl (C=O) groups excluding carboxylic acids is 2. The van der Waals surface area contributed by atoms with E-state index in [2.05, 4.69) is 10.6 Å². The summed E-state index contributed by atoms with van der Waals surface area (Å²) >= 11 is 2.01. The van der Waals surface area contributed by atoms with Crippen LogP contribution < -0.4 is 10.6 Å². The lowest BCUT2D eigenvalue weighted by molar-refractivity contribution is -0.122. The van der Waals surface area contributed by atoms with E-state index in [4.69, 9.17) is 4.42 Å². The minimum atomic E-state index is -0.608. The molecule has 2 amide bonds. The SMILES string of the molecule is CC(=O)NC(NC(C)=O)c1ccc(I)o1. The molecule has 82 valence electrons. The molecular formula is C9H11IN2O3. The average Bonchev–Trinajstić information content (AvgIpc) is 2.48. The van der Waals surface area contributed by atoms with Crippen LogP contribution in [0.4, 0.5) is 0 Å². The Bertz CT molecular complexity index is 359. The summed E-state index contributed by atoms with van der Waals surface area (Å²) in [5.41, 5.74) is 0. The summed E-state index contributed by atoms with van der Waals surface area (Å²) in [6.45, 7) is 2.76. The molecule has 0 aliphatic carbocycles. The lowest BCUT2D eigenvalue weighted by atomic mass is 10.3. The Kier molecular flexibility index (Phi) is 4.13. The predicted molar refractivity (Wildman–Crippen MR) is 61.8 cm³/mol. The smallest absolute Gasteiger partial charge is 0.218 e. The van der Waals surface area contributed by atoms with E-state index < -0.39 is 6.17 Å². The van der Waals surface area contributed by atoms with Crippen molar-refractivity contribution in [3.63, 3.8) is 0 Å². The van der Waals surface area contributed by atoms with Crippen molar-refractivity contribution in [2.24, 2.45) is 0 Å². The first-order valence-corrected chi connectivity index (χ1v) is 5.36. The molecule has 1 heterocycles. The number of furan rings is 1. The maximum absolute atomic E-state index is 10.9. The molecule has 1 aromatic heterocycles. The Balaban J connectivity index is 2.80. The van der Waals surface area contributed by atoms with Gasteiger partial charge in [-0.25, -0.2) is 0 Å². The van der Waals surface area contributed by atoms with Crippen LogP contribution in [0.15, 0.2) is 16.5 Å². The van der Waals surface area contributed by atoms with E-state index in [1.54, 1.807) is 12.1 Å². The second kappa shape index (κ2) is 5.15. The molecule has 6 heteroatoms. The van der Waals surface area contributed by atoms with Crippen LogP contribution in [0.1, 0.15) is 25.8 Å². The third-order valence-corrected chi connectivity index (χ3v) is 2.15. The van der Waals surface area contributed by atoms with Crippen molar-refractivity contribution in [3.05, 3.63) is 21.7 Å². The zero-order valence-electron chi connectivity index (χ0n) is 8.33. The largest absolute Gasteiger partial charge is 0.451 e. The van der Waals surface area contributed by atoms with Gasteiger partial charge in [-0.15, -0.1) is 0 Å². The molecule has 2 N–H and O–H groups in total. The average molecular weight is 322 g/mol. The van der Waals surface area contributed by atoms with Crippen molar-refractivity contribution in [2.45, 2.75) is 20.0 Å². The van der Waals surface area contributed by atoms with Gasteiger partial charge >= 0.3 is 0 Å². The first-order chi connectivity index (χ1) is 6.99. The summed E-state index contributed by atoms with van der Waals surface area (Å²) in [6, 6.07) is 3.46. The van der Waals surface area contributed by atoms with Gasteiger partial charge in [0.15, 0.2) is 9.93 Å². The van der Waals surface area contributed by atoms with Crippen LogP contribution >= 0.6 is 22.6 Å². The van der Waals surface area contributed by atoms with Crippen molar-refractivity contribution in [1.29, 1.82) is 0 Å². The quantitative estimate of drug-likeness (QED) is 0.648. The molecule has 0 fully saturated rings. The van der Waals surface area contributed by atoms with Crippen LogP contribution in [0.2, 0.25) is 0 Å². The molecule has 0 atom stereocenters. The van der Waals surface area contributed by atoms with Gasteiger partial charge in [-0.1, -0.05) is 0 Å². The zero-order chi connectivity index (χ0) is 11.4. The number of nitrogens with one attached hydrogen (secondary N) is 2. The third kappa shape index (κ3) is 3.90. The van der Waals surface area contributed by atoms with E-state index in [0.717, 1.165) is 0 Å². The standard InChI is InChI=1S/C9H11IN2O3/c1-5(13)11-9(12-6(2)14)7-3-4-8(10)15-7/h3-4,9H,1-2H3,(H,11,13)(H,12,14). The minimum Gasteiger partial charge on any atom is -0.451 e. The van der Waals surface area contributed by atoms with Crippen molar-refractivity contribution >= 4 is 34.4 Å². The van der Waals surface area contributed by atoms with Gasteiger partial charge in [0.05, 0.1) is 0 Å². The van der Waals surface area contributed by atoms with E-state index in [1.165, 1.54) is 13.8 Å². The van der Waals surface area contributed by atoms with Crippen LogP contribution in [0.25, 0.3) is 0 Å². The Morgan fingerprint density at radius 1 is 1.27 bits per heavy atom. The summed E-state index contributed by atoms with van der Waals surface area (Å²) in [7, 11) is 0. The Morgan fingerprint density at radius 2 is 1.80 bits per heavy atom. The highest BCUT2D eigenvalue weighted by molar-refractivity contribution is 14.1. The molecule has 0 aromatic carbocycles. The molecule has 0 aliphatic heterocycles. The van der Waals surface area contributed by atoms with Crippen molar-refractivity contribution < 1.29 is 14.0 Å². The topological polar surface area (TPSA) is 71.3 Å². The number of carbonyl (C=O) groups is 2. The highest BCUT2D eigenvalue weighted by atomic mass is 127. The van der Waals surface area contributed by atoms with Crippen molar-refractivity contribution in [1.82, 2.24) is 10.6 Å². The molecular weight excluding hydrogens is 311 g/mol. The normalized spacial score (nSPS) is 10.1. The van der Waals surface area contributed by atoms with Crippen molar-refractivity contribution in [3.8, 4) is 0 Å². The second-order valence-electron chi connectivity index (χ2n) is 2.98. The van der Waals surface area contributed by atoms with Crippen LogP contribution in [-0.4, -0.2) is 11.8 Å². The van der Waals surface area contributed by atoms with Gasteiger partial charge < -0.3 is 15.1 Å². The number of halogens is 1. The van der Waals surface area contributed by atoms with E-state index in [1.807, 2.05) is 22.6 Å². The van der Waals surface area contributed by atoms with E-state index in [-0.39, 0.29) is 11.8 Å². The van der Waals surface area contributed by atoms with Gasteiger partial charge in [-0.3, -0.25) is 9.59 Å². The first-order valence-electron chi connectivity index (χ1n) is 4.28. The monoisotopic (exact) mass is 322 g/mol. The molecule has 0 saturated carbocycles. The second-order valence-corrected chi connectivity index (χ2v) is 4.04. The molecule has 1 aromatic rings. The van der Waals surface area contributed by atoms with Gasteiger partial charge in [0.2, 0.25) is 11.8 Å². The van der Waals surface area contributed by atoms with Gasteiger partial charge in [-0.2, -0.15) is 0 Å². The van der Waals surface area contributed by atoms with Gasteiger partial charge in [-0.05, 0) is 34.7 Å². The van der Waals surface area contributed by atoms with E-state index in [9.17, 15) is 9.59 Å². The molecule has 0 unspecified atom stereocenters. The van der Waals surface area contributed by atoms with Crippen LogP contribution in [0.5, 0.6) is 0 Å². The lowest BCUT2D eigenvalue weighted by Crippen LogP contribution is -2.38. The number of hydrogen-bond acceptors (Lipinski definition) is 3. The zero-order valence-corrected chi connectivity index (χ0v) is 10.5.